The Morgan fingerprint density at radius 3 is 2.76 bits per heavy atom. The van der Waals surface area contributed by atoms with Crippen LogP contribution in [0.25, 0.3) is 10.6 Å². The van der Waals surface area contributed by atoms with E-state index in [1.165, 1.54) is 11.3 Å². The molecule has 0 aliphatic heterocycles. The Morgan fingerprint density at radius 2 is 2.08 bits per heavy atom. The van der Waals surface area contributed by atoms with Gasteiger partial charge in [0.05, 0.1) is 19.1 Å². The number of aromatic nitrogens is 1. The molecule has 0 aliphatic carbocycles. The first kappa shape index (κ1) is 17.0. The van der Waals surface area contributed by atoms with Crippen molar-refractivity contribution in [3.05, 3.63) is 53.0 Å². The third kappa shape index (κ3) is 3.66. The van der Waals surface area contributed by atoms with Gasteiger partial charge in [-0.25, -0.2) is 0 Å². The molecule has 0 atom stereocenters. The molecule has 0 unspecified atom stereocenters. The fourth-order valence-electron chi connectivity index (χ4n) is 2.42. The molecule has 0 saturated heterocycles. The molecule has 6 nitrogen and oxygen atoms in total. The molecule has 0 saturated carbocycles. The number of benzene rings is 1. The number of amides is 1. The van der Waals surface area contributed by atoms with Crippen molar-refractivity contribution in [3.63, 3.8) is 0 Å². The van der Waals surface area contributed by atoms with Crippen molar-refractivity contribution >= 4 is 17.2 Å². The summed E-state index contributed by atoms with van der Waals surface area (Å²) in [6.07, 6.45) is 0. The molecule has 7 heteroatoms. The monoisotopic (exact) mass is 358 g/mol. The number of carbonyl (C=O) groups excluding carboxylic acids is 1. The van der Waals surface area contributed by atoms with Gasteiger partial charge >= 0.3 is 0 Å². The maximum absolute atomic E-state index is 12.6. The number of ether oxygens (including phenoxy) is 2. The average Bonchev–Trinajstić information content (AvgIpc) is 3.32. The summed E-state index contributed by atoms with van der Waals surface area (Å²) in [4.78, 5) is 15.1. The van der Waals surface area contributed by atoms with Gasteiger partial charge in [0.25, 0.3) is 5.91 Å². The minimum absolute atomic E-state index is 0.218. The van der Waals surface area contributed by atoms with Crippen LogP contribution in [0.3, 0.4) is 0 Å². The molecule has 3 aromatic rings. The van der Waals surface area contributed by atoms with Crippen molar-refractivity contribution in [1.82, 2.24) is 10.1 Å². The predicted molar refractivity (Wildman–Crippen MR) is 95.2 cm³/mol. The average molecular weight is 358 g/mol. The van der Waals surface area contributed by atoms with E-state index in [-0.39, 0.29) is 11.6 Å². The normalized spacial score (nSPS) is 10.5. The highest BCUT2D eigenvalue weighted by atomic mass is 32.1. The molecule has 130 valence electrons. The van der Waals surface area contributed by atoms with Crippen LogP contribution in [0.5, 0.6) is 11.5 Å². The van der Waals surface area contributed by atoms with Crippen LogP contribution in [0, 0.1) is 0 Å². The van der Waals surface area contributed by atoms with E-state index in [2.05, 4.69) is 5.16 Å². The van der Waals surface area contributed by atoms with Crippen LogP contribution in [0.2, 0.25) is 0 Å². The Labute approximate surface area is 149 Å². The van der Waals surface area contributed by atoms with Gasteiger partial charge in [-0.15, -0.1) is 11.3 Å². The van der Waals surface area contributed by atoms with E-state index in [0.717, 1.165) is 10.4 Å². The molecule has 1 aromatic carbocycles. The third-order valence-corrected chi connectivity index (χ3v) is 4.63. The van der Waals surface area contributed by atoms with Crippen LogP contribution in [0.4, 0.5) is 0 Å². The van der Waals surface area contributed by atoms with Gasteiger partial charge in [0, 0.05) is 31.3 Å². The SMILES string of the molecule is COc1ccc(CN(C)C(=O)c2cc(-c3cccs3)on2)c(OC)c1. The second-order valence-corrected chi connectivity index (χ2v) is 6.34. The molecular weight excluding hydrogens is 340 g/mol. The van der Waals surface area contributed by atoms with Gasteiger partial charge in [-0.05, 0) is 23.6 Å². The summed E-state index contributed by atoms with van der Waals surface area (Å²) in [7, 11) is 4.90. The van der Waals surface area contributed by atoms with Crippen LogP contribution in [-0.2, 0) is 6.54 Å². The van der Waals surface area contributed by atoms with Crippen LogP contribution in [0.1, 0.15) is 16.1 Å². The van der Waals surface area contributed by atoms with Crippen molar-refractivity contribution in [2.24, 2.45) is 0 Å². The molecule has 3 rings (SSSR count). The minimum Gasteiger partial charge on any atom is -0.497 e. The number of carbonyl (C=O) groups is 1. The lowest BCUT2D eigenvalue weighted by Gasteiger charge is -2.18. The van der Waals surface area contributed by atoms with Crippen LogP contribution in [0.15, 0.2) is 46.3 Å². The van der Waals surface area contributed by atoms with Gasteiger partial charge in [-0.1, -0.05) is 11.2 Å². The van der Waals surface area contributed by atoms with E-state index in [0.29, 0.717) is 23.8 Å². The van der Waals surface area contributed by atoms with Crippen molar-refractivity contribution in [1.29, 1.82) is 0 Å². The number of nitrogens with zero attached hydrogens (tertiary/aromatic N) is 2. The second-order valence-electron chi connectivity index (χ2n) is 5.39. The lowest BCUT2D eigenvalue weighted by atomic mass is 10.1. The fourth-order valence-corrected chi connectivity index (χ4v) is 3.09. The summed E-state index contributed by atoms with van der Waals surface area (Å²) in [5, 5.41) is 5.84. The van der Waals surface area contributed by atoms with Crippen molar-refractivity contribution < 1.29 is 18.8 Å². The summed E-state index contributed by atoms with van der Waals surface area (Å²) in [5.74, 6) is 1.74. The predicted octanol–water partition coefficient (Wildman–Crippen LogP) is 3.69. The Morgan fingerprint density at radius 1 is 1.24 bits per heavy atom. The lowest BCUT2D eigenvalue weighted by Crippen LogP contribution is -2.26. The molecule has 2 heterocycles. The zero-order valence-corrected chi connectivity index (χ0v) is 15.0. The number of hydrogen-bond donors (Lipinski definition) is 0. The Balaban J connectivity index is 1.75. The van der Waals surface area contributed by atoms with Crippen molar-refractivity contribution in [2.45, 2.75) is 6.54 Å². The molecule has 0 fully saturated rings. The molecule has 0 radical (unpaired) electrons. The molecule has 0 spiro atoms. The first-order valence-electron chi connectivity index (χ1n) is 7.59. The van der Waals surface area contributed by atoms with E-state index < -0.39 is 0 Å². The smallest absolute Gasteiger partial charge is 0.276 e. The van der Waals surface area contributed by atoms with Gasteiger partial charge in [0.2, 0.25) is 0 Å². The molecule has 2 aromatic heterocycles. The highest BCUT2D eigenvalue weighted by molar-refractivity contribution is 7.13. The summed E-state index contributed by atoms with van der Waals surface area (Å²) in [6, 6.07) is 11.0. The van der Waals surface area contributed by atoms with Gasteiger partial charge in [-0.3, -0.25) is 4.79 Å². The Bertz CT molecular complexity index is 858. The Kier molecular flexibility index (Phi) is 5.04. The molecule has 1 amide bonds. The molecule has 0 N–H and O–H groups in total. The maximum atomic E-state index is 12.6. The lowest BCUT2D eigenvalue weighted by molar-refractivity contribution is 0.0774. The van der Waals surface area contributed by atoms with E-state index >= 15 is 0 Å². The molecule has 0 bridgehead atoms. The number of rotatable bonds is 6. The third-order valence-electron chi connectivity index (χ3n) is 3.74. The topological polar surface area (TPSA) is 64.8 Å². The summed E-state index contributed by atoms with van der Waals surface area (Å²) in [5.41, 5.74) is 1.15. The summed E-state index contributed by atoms with van der Waals surface area (Å²) in [6.45, 7) is 0.382. The van der Waals surface area contributed by atoms with E-state index in [4.69, 9.17) is 14.0 Å². The molecule has 25 heavy (non-hydrogen) atoms. The van der Waals surface area contributed by atoms with Gasteiger partial charge < -0.3 is 18.9 Å². The number of methoxy groups -OCH3 is 2. The molecule has 0 aliphatic rings. The van der Waals surface area contributed by atoms with Crippen LogP contribution in [-0.4, -0.2) is 37.2 Å². The number of thiophene rings is 1. The number of hydrogen-bond acceptors (Lipinski definition) is 6. The minimum atomic E-state index is -0.218. The second kappa shape index (κ2) is 7.40. The van der Waals surface area contributed by atoms with Crippen LogP contribution < -0.4 is 9.47 Å². The van der Waals surface area contributed by atoms with Crippen LogP contribution >= 0.6 is 11.3 Å². The summed E-state index contributed by atoms with van der Waals surface area (Å²) < 4.78 is 15.8. The maximum Gasteiger partial charge on any atom is 0.276 e. The Hall–Kier alpha value is -2.80. The highest BCUT2D eigenvalue weighted by Gasteiger charge is 2.19. The molecular formula is C18H18N2O4S. The van der Waals surface area contributed by atoms with Gasteiger partial charge in [0.1, 0.15) is 11.5 Å². The zero-order chi connectivity index (χ0) is 17.8. The van der Waals surface area contributed by atoms with E-state index in [1.807, 2.05) is 29.6 Å². The van der Waals surface area contributed by atoms with E-state index in [1.54, 1.807) is 38.3 Å². The largest absolute Gasteiger partial charge is 0.497 e. The van der Waals surface area contributed by atoms with Crippen molar-refractivity contribution in [2.75, 3.05) is 21.3 Å². The first-order valence-corrected chi connectivity index (χ1v) is 8.47. The standard InChI is InChI=1S/C18H18N2O4S/c1-20(11-12-6-7-13(22-2)9-15(12)23-3)18(21)14-10-16(24-19-14)17-5-4-8-25-17/h4-10H,11H2,1-3H3. The van der Waals surface area contributed by atoms with E-state index in [9.17, 15) is 4.79 Å². The van der Waals surface area contributed by atoms with Crippen molar-refractivity contribution in [3.8, 4) is 22.1 Å². The van der Waals surface area contributed by atoms with Gasteiger partial charge in [0.15, 0.2) is 11.5 Å². The fraction of sp³-hybridized carbons (Fsp3) is 0.222. The highest BCUT2D eigenvalue weighted by Crippen LogP contribution is 2.27. The quantitative estimate of drug-likeness (QED) is 0.672. The summed E-state index contributed by atoms with van der Waals surface area (Å²) >= 11 is 1.53. The van der Waals surface area contributed by atoms with Gasteiger partial charge in [-0.2, -0.15) is 0 Å². The zero-order valence-electron chi connectivity index (χ0n) is 14.2. The first-order chi connectivity index (χ1) is 12.1.